The summed E-state index contributed by atoms with van der Waals surface area (Å²) in [6, 6.07) is 12.6. The second kappa shape index (κ2) is 9.93. The molecule has 0 saturated heterocycles. The van der Waals surface area contributed by atoms with Gasteiger partial charge in [0.25, 0.3) is 0 Å². The number of sulfone groups is 1. The van der Waals surface area contributed by atoms with E-state index in [4.69, 9.17) is 10.5 Å². The highest BCUT2D eigenvalue weighted by Crippen LogP contribution is 2.41. The lowest BCUT2D eigenvalue weighted by atomic mass is 10.1. The molecule has 0 aliphatic heterocycles. The van der Waals surface area contributed by atoms with Crippen molar-refractivity contribution >= 4 is 38.2 Å². The van der Waals surface area contributed by atoms with E-state index in [0.29, 0.717) is 23.8 Å². The molecule has 3 N–H and O–H groups in total. The molecule has 0 spiro atoms. The van der Waals surface area contributed by atoms with Crippen LogP contribution in [0.2, 0.25) is 0 Å². The quantitative estimate of drug-likeness (QED) is 0.322. The zero-order chi connectivity index (χ0) is 26.2. The van der Waals surface area contributed by atoms with Gasteiger partial charge in [0.05, 0.1) is 40.0 Å². The van der Waals surface area contributed by atoms with E-state index in [1.807, 2.05) is 24.3 Å². The Morgan fingerprint density at radius 1 is 1.19 bits per heavy atom. The smallest absolute Gasteiger partial charge is 0.411 e. The Labute approximate surface area is 216 Å². The summed E-state index contributed by atoms with van der Waals surface area (Å²) >= 11 is 0. The van der Waals surface area contributed by atoms with Gasteiger partial charge in [0, 0.05) is 42.1 Å². The molecule has 0 unspecified atom stereocenters. The fourth-order valence-electron chi connectivity index (χ4n) is 4.44. The lowest BCUT2D eigenvalue weighted by Gasteiger charge is -2.13. The van der Waals surface area contributed by atoms with Crippen LogP contribution in [0, 0.1) is 5.92 Å². The Morgan fingerprint density at radius 3 is 2.59 bits per heavy atom. The molecule has 5 rings (SSSR count). The van der Waals surface area contributed by atoms with Gasteiger partial charge in [-0.25, -0.2) is 18.2 Å². The maximum Gasteiger partial charge on any atom is 0.411 e. The van der Waals surface area contributed by atoms with E-state index < -0.39 is 15.9 Å². The third kappa shape index (κ3) is 5.48. The maximum absolute atomic E-state index is 13.2. The monoisotopic (exact) mass is 521 g/mol. The average Bonchev–Trinajstić information content (AvgIpc) is 3.43. The number of aromatic nitrogens is 3. The van der Waals surface area contributed by atoms with Crippen molar-refractivity contribution in [1.29, 1.82) is 0 Å². The van der Waals surface area contributed by atoms with E-state index in [1.54, 1.807) is 55.3 Å². The molecule has 0 bridgehead atoms. The van der Waals surface area contributed by atoms with Gasteiger partial charge in [-0.1, -0.05) is 12.1 Å². The second-order valence-electron chi connectivity index (χ2n) is 9.77. The van der Waals surface area contributed by atoms with E-state index in [0.717, 1.165) is 41.5 Å². The Morgan fingerprint density at radius 2 is 1.95 bits per heavy atom. The number of benzene rings is 2. The van der Waals surface area contributed by atoms with Crippen LogP contribution in [0.4, 0.5) is 16.2 Å². The first kappa shape index (κ1) is 24.9. The van der Waals surface area contributed by atoms with Crippen LogP contribution in [0.5, 0.6) is 0 Å². The number of fused-ring (bicyclic) bond motifs is 1. The van der Waals surface area contributed by atoms with Gasteiger partial charge in [-0.05, 0) is 62.9 Å². The number of rotatable bonds is 9. The Bertz CT molecular complexity index is 1520. The minimum Gasteiger partial charge on any atom is -0.447 e. The van der Waals surface area contributed by atoms with Crippen molar-refractivity contribution in [2.75, 3.05) is 16.8 Å². The van der Waals surface area contributed by atoms with Crippen LogP contribution in [0.3, 0.4) is 0 Å². The summed E-state index contributed by atoms with van der Waals surface area (Å²) < 4.78 is 35.3. The number of anilines is 2. The Balaban J connectivity index is 1.49. The number of ether oxygens (including phenoxy) is 1. The van der Waals surface area contributed by atoms with Crippen molar-refractivity contribution in [3.63, 3.8) is 0 Å². The Hall–Kier alpha value is -3.79. The molecule has 1 aliphatic rings. The molecule has 37 heavy (non-hydrogen) atoms. The van der Waals surface area contributed by atoms with Crippen LogP contribution in [-0.2, 0) is 27.7 Å². The number of carbonyl (C=O) groups excluding carboxylic acids is 1. The molecule has 0 radical (unpaired) electrons. The minimum atomic E-state index is -3.51. The predicted octanol–water partition coefficient (Wildman–Crippen LogP) is 4.93. The average molecular weight is 522 g/mol. The number of nitrogen functional groups attached to an aromatic ring is 1. The maximum atomic E-state index is 13.2. The zero-order valence-corrected chi connectivity index (χ0v) is 21.7. The number of aryl methyl sites for hydroxylation is 1. The highest BCUT2D eigenvalue weighted by molar-refractivity contribution is 7.91. The highest BCUT2D eigenvalue weighted by Gasteiger charge is 2.27. The highest BCUT2D eigenvalue weighted by atomic mass is 32.2. The number of nitrogens with one attached hydrogen (secondary N) is 1. The van der Waals surface area contributed by atoms with Crippen molar-refractivity contribution in [3.8, 4) is 11.3 Å². The molecule has 2 heterocycles. The molecule has 0 atom stereocenters. The molecule has 9 nitrogen and oxygen atoms in total. The normalized spacial score (nSPS) is 13.8. The van der Waals surface area contributed by atoms with Gasteiger partial charge in [0.15, 0.2) is 9.84 Å². The molecule has 1 fully saturated rings. The number of hydrogen-bond donors (Lipinski definition) is 2. The SMILES string of the molecule is CC(C)OC(=O)Nc1ccc(-c2c(N)c3ccc(S(=O)(=O)CCn4ccnc4)cc3n2CC2CC2)cc1. The van der Waals surface area contributed by atoms with Crippen LogP contribution < -0.4 is 11.1 Å². The summed E-state index contributed by atoms with van der Waals surface area (Å²) in [5, 5.41) is 3.55. The van der Waals surface area contributed by atoms with E-state index in [2.05, 4.69) is 14.9 Å². The molecule has 2 aromatic heterocycles. The number of carbonyl (C=O) groups is 1. The number of imidazole rings is 1. The fourth-order valence-corrected chi connectivity index (χ4v) is 5.70. The molecule has 10 heteroatoms. The van der Waals surface area contributed by atoms with E-state index in [-0.39, 0.29) is 16.8 Å². The number of nitrogens with zero attached hydrogens (tertiary/aromatic N) is 3. The summed E-state index contributed by atoms with van der Waals surface area (Å²) in [5.74, 6) is 0.524. The summed E-state index contributed by atoms with van der Waals surface area (Å²) in [6.07, 6.45) is 6.56. The third-order valence-electron chi connectivity index (χ3n) is 6.50. The Kier molecular flexibility index (Phi) is 6.68. The molecule has 4 aromatic rings. The van der Waals surface area contributed by atoms with Gasteiger partial charge in [-0.15, -0.1) is 0 Å². The summed E-state index contributed by atoms with van der Waals surface area (Å²) in [6.45, 7) is 4.69. The van der Waals surface area contributed by atoms with Gasteiger partial charge in [-0.3, -0.25) is 5.32 Å². The van der Waals surface area contributed by atoms with Crippen LogP contribution in [0.1, 0.15) is 26.7 Å². The van der Waals surface area contributed by atoms with E-state index in [9.17, 15) is 13.2 Å². The van der Waals surface area contributed by atoms with Gasteiger partial charge < -0.3 is 19.6 Å². The van der Waals surface area contributed by atoms with Crippen LogP contribution in [-0.4, -0.2) is 40.5 Å². The van der Waals surface area contributed by atoms with Gasteiger partial charge >= 0.3 is 6.09 Å². The lowest BCUT2D eigenvalue weighted by molar-refractivity contribution is 0.130. The number of amides is 1. The summed E-state index contributed by atoms with van der Waals surface area (Å²) in [7, 11) is -3.51. The van der Waals surface area contributed by atoms with Crippen molar-refractivity contribution in [3.05, 3.63) is 61.2 Å². The molecular formula is C27H31N5O4S. The fraction of sp³-hybridized carbons (Fsp3) is 0.333. The van der Waals surface area contributed by atoms with E-state index in [1.165, 1.54) is 0 Å². The lowest BCUT2D eigenvalue weighted by Crippen LogP contribution is -2.17. The van der Waals surface area contributed by atoms with Crippen molar-refractivity contribution < 1.29 is 17.9 Å². The summed E-state index contributed by atoms with van der Waals surface area (Å²) in [5.41, 5.74) is 10.4. The van der Waals surface area contributed by atoms with Crippen LogP contribution in [0.15, 0.2) is 66.1 Å². The van der Waals surface area contributed by atoms with E-state index >= 15 is 0 Å². The standard InChI is InChI=1S/C27H31N5O4S/c1-18(2)36-27(33)30-21-7-5-20(6-8-21)26-25(28)23-10-9-22(15-24(23)32(26)16-19-3-4-19)37(34,35)14-13-31-12-11-29-17-31/h5-12,15,17-19H,3-4,13-14,16,28H2,1-2H3,(H,30,33). The van der Waals surface area contributed by atoms with Gasteiger partial charge in [-0.2, -0.15) is 0 Å². The first-order valence-electron chi connectivity index (χ1n) is 12.4. The summed E-state index contributed by atoms with van der Waals surface area (Å²) in [4.78, 5) is 16.2. The molecule has 1 amide bonds. The first-order chi connectivity index (χ1) is 17.7. The molecule has 2 aromatic carbocycles. The van der Waals surface area contributed by atoms with Crippen LogP contribution in [0.25, 0.3) is 22.2 Å². The predicted molar refractivity (Wildman–Crippen MR) is 144 cm³/mol. The molecule has 1 aliphatic carbocycles. The molecular weight excluding hydrogens is 490 g/mol. The van der Waals surface area contributed by atoms with Gasteiger partial charge in [0.1, 0.15) is 0 Å². The largest absolute Gasteiger partial charge is 0.447 e. The van der Waals surface area contributed by atoms with Crippen molar-refractivity contribution in [2.24, 2.45) is 5.92 Å². The van der Waals surface area contributed by atoms with Gasteiger partial charge in [0.2, 0.25) is 0 Å². The second-order valence-corrected chi connectivity index (χ2v) is 11.9. The topological polar surface area (TPSA) is 121 Å². The number of hydrogen-bond acceptors (Lipinski definition) is 6. The first-order valence-corrected chi connectivity index (χ1v) is 14.0. The molecule has 194 valence electrons. The minimum absolute atomic E-state index is 0.0196. The van der Waals surface area contributed by atoms with Crippen molar-refractivity contribution in [1.82, 2.24) is 14.1 Å². The zero-order valence-electron chi connectivity index (χ0n) is 20.9. The third-order valence-corrected chi connectivity index (χ3v) is 8.19. The molecule has 1 saturated carbocycles. The van der Waals surface area contributed by atoms with Crippen molar-refractivity contribution in [2.45, 2.75) is 50.8 Å². The van der Waals surface area contributed by atoms with Crippen LogP contribution >= 0.6 is 0 Å². The number of nitrogens with two attached hydrogens (primary N) is 1.